The van der Waals surface area contributed by atoms with Crippen LogP contribution in [0.25, 0.3) is 0 Å². The van der Waals surface area contributed by atoms with Gasteiger partial charge in [-0.25, -0.2) is 5.43 Å². The molecule has 0 bridgehead atoms. The number of non-ortho nitro benzene ring substituents is 1. The lowest BCUT2D eigenvalue weighted by atomic mass is 9.90. The highest BCUT2D eigenvalue weighted by molar-refractivity contribution is 5.80. The Hall–Kier alpha value is -2.84. The van der Waals surface area contributed by atoms with Crippen LogP contribution in [0.15, 0.2) is 23.3 Å². The molecule has 1 saturated carbocycles. The zero-order valence-electron chi connectivity index (χ0n) is 13.0. The van der Waals surface area contributed by atoms with Crippen LogP contribution in [-0.2, 0) is 11.2 Å². The maximum Gasteiger partial charge on any atom is 0.279 e. The molecule has 9 heteroatoms. The predicted molar refractivity (Wildman–Crippen MR) is 86.7 cm³/mol. The molecule has 0 atom stereocenters. The summed E-state index contributed by atoms with van der Waals surface area (Å²) in [5.74, 6) is -0.147. The standard InChI is InChI=1S/C15H18N4O5/c20-15(17-16-10-11-4-2-1-3-5-11)8-12-6-7-13(18(21)22)9-14(12)19(23)24/h6-7,9-11H,1-5,8H2,(H,17,20)/b16-10-. The largest absolute Gasteiger partial charge is 0.279 e. The zero-order chi connectivity index (χ0) is 17.5. The fraction of sp³-hybridized carbons (Fsp3) is 0.467. The normalized spacial score (nSPS) is 15.3. The van der Waals surface area contributed by atoms with Crippen LogP contribution in [0, 0.1) is 26.1 Å². The van der Waals surface area contributed by atoms with Crippen LogP contribution in [0.5, 0.6) is 0 Å². The van der Waals surface area contributed by atoms with Crippen LogP contribution in [0.1, 0.15) is 37.7 Å². The maximum absolute atomic E-state index is 11.9. The minimum absolute atomic E-state index is 0.107. The highest BCUT2D eigenvalue weighted by Crippen LogP contribution is 2.25. The first-order valence-electron chi connectivity index (χ1n) is 7.71. The van der Waals surface area contributed by atoms with Gasteiger partial charge < -0.3 is 0 Å². The van der Waals surface area contributed by atoms with Gasteiger partial charge in [-0.15, -0.1) is 0 Å². The highest BCUT2D eigenvalue weighted by atomic mass is 16.6. The number of benzene rings is 1. The summed E-state index contributed by atoms with van der Waals surface area (Å²) in [6.45, 7) is 0. The number of nitro benzene ring substituents is 2. The Labute approximate surface area is 138 Å². The van der Waals surface area contributed by atoms with Crippen LogP contribution in [0.4, 0.5) is 11.4 Å². The van der Waals surface area contributed by atoms with E-state index in [1.54, 1.807) is 6.21 Å². The quantitative estimate of drug-likeness (QED) is 0.486. The molecular weight excluding hydrogens is 316 g/mol. The molecule has 128 valence electrons. The molecule has 0 radical (unpaired) electrons. The SMILES string of the molecule is O=C(Cc1ccc([N+](=O)[O-])cc1[N+](=O)[O-])N/N=C\C1CCCCC1. The third-order valence-corrected chi connectivity index (χ3v) is 3.95. The van der Waals surface area contributed by atoms with Gasteiger partial charge in [0.15, 0.2) is 0 Å². The van der Waals surface area contributed by atoms with Gasteiger partial charge in [-0.1, -0.05) is 19.3 Å². The molecule has 1 aliphatic rings. The Morgan fingerprint density at radius 1 is 1.21 bits per heavy atom. The molecule has 0 aromatic heterocycles. The van der Waals surface area contributed by atoms with Crippen molar-refractivity contribution in [1.29, 1.82) is 0 Å². The lowest BCUT2D eigenvalue weighted by molar-refractivity contribution is -0.394. The van der Waals surface area contributed by atoms with Crippen molar-refractivity contribution < 1.29 is 14.6 Å². The van der Waals surface area contributed by atoms with E-state index < -0.39 is 21.4 Å². The molecule has 1 amide bonds. The van der Waals surface area contributed by atoms with Gasteiger partial charge in [-0.3, -0.25) is 25.0 Å². The van der Waals surface area contributed by atoms with Crippen LogP contribution >= 0.6 is 0 Å². The lowest BCUT2D eigenvalue weighted by Crippen LogP contribution is -2.21. The van der Waals surface area contributed by atoms with Crippen molar-refractivity contribution >= 4 is 23.5 Å². The first kappa shape index (κ1) is 17.5. The number of hydrogen-bond acceptors (Lipinski definition) is 6. The zero-order valence-corrected chi connectivity index (χ0v) is 13.0. The Bertz CT molecular complexity index is 668. The van der Waals surface area contributed by atoms with E-state index >= 15 is 0 Å². The average molecular weight is 334 g/mol. The van der Waals surface area contributed by atoms with E-state index in [1.807, 2.05) is 0 Å². The molecule has 9 nitrogen and oxygen atoms in total. The summed E-state index contributed by atoms with van der Waals surface area (Å²) >= 11 is 0. The van der Waals surface area contributed by atoms with Gasteiger partial charge in [-0.05, 0) is 24.8 Å². The van der Waals surface area contributed by atoms with Gasteiger partial charge >= 0.3 is 0 Å². The molecule has 24 heavy (non-hydrogen) atoms. The van der Waals surface area contributed by atoms with E-state index in [9.17, 15) is 25.0 Å². The minimum atomic E-state index is -0.735. The molecule has 2 rings (SSSR count). The van der Waals surface area contributed by atoms with Crippen molar-refractivity contribution in [2.75, 3.05) is 0 Å². The fourth-order valence-corrected chi connectivity index (χ4v) is 2.70. The number of carbonyl (C=O) groups is 1. The fourth-order valence-electron chi connectivity index (χ4n) is 2.70. The number of rotatable bonds is 6. The smallest absolute Gasteiger partial charge is 0.273 e. The Kier molecular flexibility index (Phi) is 5.94. The van der Waals surface area contributed by atoms with Crippen LogP contribution in [-0.4, -0.2) is 22.0 Å². The van der Waals surface area contributed by atoms with E-state index in [1.165, 1.54) is 12.5 Å². The molecule has 1 N–H and O–H groups in total. The Morgan fingerprint density at radius 3 is 2.54 bits per heavy atom. The monoisotopic (exact) mass is 334 g/mol. The summed E-state index contributed by atoms with van der Waals surface area (Å²) < 4.78 is 0. The summed E-state index contributed by atoms with van der Waals surface area (Å²) in [6.07, 6.45) is 7.07. The topological polar surface area (TPSA) is 128 Å². The van der Waals surface area contributed by atoms with Crippen LogP contribution in [0.3, 0.4) is 0 Å². The van der Waals surface area contributed by atoms with Crippen LogP contribution in [0.2, 0.25) is 0 Å². The van der Waals surface area contributed by atoms with Crippen LogP contribution < -0.4 is 5.43 Å². The summed E-state index contributed by atoms with van der Waals surface area (Å²) in [5.41, 5.74) is 1.63. The van der Waals surface area contributed by atoms with Crippen molar-refractivity contribution in [2.24, 2.45) is 11.0 Å². The third kappa shape index (κ3) is 4.83. The lowest BCUT2D eigenvalue weighted by Gasteiger charge is -2.16. The molecule has 0 unspecified atom stereocenters. The number of hydrogen-bond donors (Lipinski definition) is 1. The molecule has 1 aliphatic carbocycles. The van der Waals surface area contributed by atoms with Gasteiger partial charge in [0.25, 0.3) is 11.4 Å². The highest BCUT2D eigenvalue weighted by Gasteiger charge is 2.21. The Morgan fingerprint density at radius 2 is 1.92 bits per heavy atom. The second-order valence-electron chi connectivity index (χ2n) is 5.72. The second kappa shape index (κ2) is 8.14. The Balaban J connectivity index is 1.98. The van der Waals surface area contributed by atoms with E-state index in [-0.39, 0.29) is 17.7 Å². The number of nitrogens with one attached hydrogen (secondary N) is 1. The van der Waals surface area contributed by atoms with Crippen molar-refractivity contribution in [1.82, 2.24) is 5.43 Å². The summed E-state index contributed by atoms with van der Waals surface area (Å²) in [6, 6.07) is 3.22. The van der Waals surface area contributed by atoms with Gasteiger partial charge in [0.1, 0.15) is 0 Å². The first-order chi connectivity index (χ1) is 11.5. The summed E-state index contributed by atoms with van der Waals surface area (Å²) in [7, 11) is 0. The van der Waals surface area contributed by atoms with Gasteiger partial charge in [0, 0.05) is 17.8 Å². The van der Waals surface area contributed by atoms with E-state index in [0.717, 1.165) is 37.8 Å². The molecule has 0 heterocycles. The number of amides is 1. The van der Waals surface area contributed by atoms with E-state index in [0.29, 0.717) is 5.92 Å². The molecule has 0 spiro atoms. The van der Waals surface area contributed by atoms with E-state index in [4.69, 9.17) is 0 Å². The average Bonchev–Trinajstić information content (AvgIpc) is 2.55. The molecular formula is C15H18N4O5. The molecule has 1 aromatic carbocycles. The summed E-state index contributed by atoms with van der Waals surface area (Å²) in [5, 5.41) is 25.6. The van der Waals surface area contributed by atoms with Gasteiger partial charge in [0.2, 0.25) is 5.91 Å². The van der Waals surface area contributed by atoms with Gasteiger partial charge in [0.05, 0.1) is 22.3 Å². The minimum Gasteiger partial charge on any atom is -0.273 e. The predicted octanol–water partition coefficient (Wildman–Crippen LogP) is 2.73. The molecule has 0 aliphatic heterocycles. The van der Waals surface area contributed by atoms with Crippen molar-refractivity contribution in [3.8, 4) is 0 Å². The molecule has 0 saturated heterocycles. The van der Waals surface area contributed by atoms with Crippen molar-refractivity contribution in [3.05, 3.63) is 44.0 Å². The third-order valence-electron chi connectivity index (χ3n) is 3.95. The number of hydrazone groups is 1. The molecule has 1 fully saturated rings. The number of carbonyl (C=O) groups excluding carboxylic acids is 1. The molecule has 1 aromatic rings. The summed E-state index contributed by atoms with van der Waals surface area (Å²) in [4.78, 5) is 32.1. The van der Waals surface area contributed by atoms with Crippen molar-refractivity contribution in [3.63, 3.8) is 0 Å². The number of nitro groups is 2. The van der Waals surface area contributed by atoms with Gasteiger partial charge in [-0.2, -0.15) is 5.10 Å². The van der Waals surface area contributed by atoms with Crippen molar-refractivity contribution in [2.45, 2.75) is 38.5 Å². The first-order valence-corrected chi connectivity index (χ1v) is 7.71. The number of nitrogens with zero attached hydrogens (tertiary/aromatic N) is 3. The maximum atomic E-state index is 11.9. The second-order valence-corrected chi connectivity index (χ2v) is 5.72. The van der Waals surface area contributed by atoms with E-state index in [2.05, 4.69) is 10.5 Å².